The average Bonchev–Trinajstić information content (AvgIpc) is 3.78. The third-order valence-electron chi connectivity index (χ3n) is 10.5. The summed E-state index contributed by atoms with van der Waals surface area (Å²) in [6, 6.07) is 15.9. The highest BCUT2D eigenvalue weighted by molar-refractivity contribution is 5.84. The highest BCUT2D eigenvalue weighted by Gasteiger charge is 2.54. The van der Waals surface area contributed by atoms with Crippen LogP contribution in [0.1, 0.15) is 81.2 Å². The van der Waals surface area contributed by atoms with Crippen LogP contribution in [0.5, 0.6) is 28.7 Å². The van der Waals surface area contributed by atoms with Gasteiger partial charge in [-0.25, -0.2) is 4.98 Å². The molecule has 10 nitrogen and oxygen atoms in total. The number of phenols is 3. The molecule has 0 bridgehead atoms. The summed E-state index contributed by atoms with van der Waals surface area (Å²) in [4.78, 5) is 23.6. The molecule has 2 aromatic heterocycles. The largest absolute Gasteiger partial charge is 0.668 e. The second kappa shape index (κ2) is 17.0. The lowest BCUT2D eigenvalue weighted by molar-refractivity contribution is -0.131. The first-order chi connectivity index (χ1) is 24.5. The standard InChI is InChI=1S/C41H52N3O7/c1-26(2)7-6-20-51-37-23-28(21-35(48)40(37)49)12-15-34(47)39(33(46)14-11-27-10-13-32(45)36(22-27)50-3)41(30-16-19-44-38(42)25-30)17-4-8-29(41)24-31-9-5-18-43-31/h5,9-10,13,16,18-19,21-23,25-26,29,33,39,45-46,48-49H,4,6-8,11-12,14-15,17,20,24H2,1-3H3,(H2,42,44)/q-1. The molecule has 1 aliphatic rings. The minimum atomic E-state index is -1.02. The van der Waals surface area contributed by atoms with Gasteiger partial charge in [0.15, 0.2) is 23.0 Å². The van der Waals surface area contributed by atoms with Gasteiger partial charge in [0.1, 0.15) is 11.6 Å². The zero-order valence-electron chi connectivity index (χ0n) is 29.9. The van der Waals surface area contributed by atoms with Crippen molar-refractivity contribution in [1.29, 1.82) is 0 Å². The van der Waals surface area contributed by atoms with Crippen molar-refractivity contribution in [3.8, 4) is 28.7 Å². The highest BCUT2D eigenvalue weighted by atomic mass is 16.5. The third-order valence-corrected chi connectivity index (χ3v) is 10.5. The van der Waals surface area contributed by atoms with Gasteiger partial charge >= 0.3 is 0 Å². The van der Waals surface area contributed by atoms with Crippen LogP contribution in [0, 0.1) is 17.8 Å². The van der Waals surface area contributed by atoms with E-state index in [9.17, 15) is 25.2 Å². The van der Waals surface area contributed by atoms with Crippen LogP contribution in [-0.2, 0) is 29.5 Å². The van der Waals surface area contributed by atoms with Gasteiger partial charge in [0.25, 0.3) is 0 Å². The molecule has 0 radical (unpaired) electrons. The Kier molecular flexibility index (Phi) is 12.5. The number of Topliss-reactive ketones (excluding diaryl/α,β-unsaturated/α-hetero) is 1. The normalized spacial score (nSPS) is 18.5. The molecule has 5 rings (SSSR count). The zero-order valence-corrected chi connectivity index (χ0v) is 29.9. The number of nitrogens with zero attached hydrogens (tertiary/aromatic N) is 2. The van der Waals surface area contributed by atoms with Crippen LogP contribution in [0.2, 0.25) is 0 Å². The summed E-state index contributed by atoms with van der Waals surface area (Å²) in [5, 5.41) is 43.5. The van der Waals surface area contributed by atoms with Crippen LogP contribution in [0.3, 0.4) is 0 Å². The Balaban J connectivity index is 1.48. The molecule has 274 valence electrons. The lowest BCUT2D eigenvalue weighted by Gasteiger charge is -2.45. The number of ether oxygens (including phenoxy) is 2. The molecule has 6 N–H and O–H groups in total. The number of ketones is 1. The van der Waals surface area contributed by atoms with Crippen molar-refractivity contribution in [3.05, 3.63) is 89.4 Å². The molecule has 10 heteroatoms. The van der Waals surface area contributed by atoms with Crippen molar-refractivity contribution in [1.82, 2.24) is 9.97 Å². The van der Waals surface area contributed by atoms with E-state index >= 15 is 0 Å². The number of aryl methyl sites for hydroxylation is 2. The van der Waals surface area contributed by atoms with Gasteiger partial charge in [-0.05, 0) is 116 Å². The Labute approximate surface area is 300 Å². The first kappa shape index (κ1) is 37.6. The molecular formula is C41H52N3O7-. The Morgan fingerprint density at radius 3 is 2.55 bits per heavy atom. The lowest BCUT2D eigenvalue weighted by atomic mass is 9.59. The predicted octanol–water partition coefficient (Wildman–Crippen LogP) is 6.65. The van der Waals surface area contributed by atoms with Crippen LogP contribution in [0.15, 0.2) is 67.0 Å². The van der Waals surface area contributed by atoms with Crippen LogP contribution in [0.4, 0.5) is 5.82 Å². The van der Waals surface area contributed by atoms with Crippen molar-refractivity contribution in [2.45, 2.75) is 89.6 Å². The quantitative estimate of drug-likeness (QED) is 0.0560. The fourth-order valence-corrected chi connectivity index (χ4v) is 8.01. The number of anilines is 1. The molecule has 1 fully saturated rings. The van der Waals surface area contributed by atoms with Gasteiger partial charge in [0.05, 0.1) is 25.7 Å². The fourth-order valence-electron chi connectivity index (χ4n) is 8.01. The molecule has 0 aliphatic heterocycles. The van der Waals surface area contributed by atoms with Crippen LogP contribution < -0.4 is 20.2 Å². The Morgan fingerprint density at radius 1 is 1.02 bits per heavy atom. The highest BCUT2D eigenvalue weighted by Crippen LogP contribution is 2.54. The van der Waals surface area contributed by atoms with E-state index in [1.54, 1.807) is 36.7 Å². The van der Waals surface area contributed by atoms with Gasteiger partial charge in [-0.3, -0.25) is 4.79 Å². The fraction of sp³-hybridized carbons (Fsp3) is 0.463. The minimum absolute atomic E-state index is 0.00451. The SMILES string of the molecule is COc1cc(CCC(O)C(C(=O)CCc2cc(O)c(O)c(OCCCC(C)C)c2)C2(c3ccnc(N)c3)CCCC2Cc2ccc[n-]2)ccc1O. The number of carbonyl (C=O) groups is 1. The maximum atomic E-state index is 14.8. The third kappa shape index (κ3) is 8.97. The van der Waals surface area contributed by atoms with E-state index in [1.807, 2.05) is 24.3 Å². The number of carbonyl (C=O) groups excluding carboxylic acids is 1. The van der Waals surface area contributed by atoms with Gasteiger partial charge in [-0.2, -0.15) is 11.9 Å². The number of aliphatic hydroxyl groups is 1. The smallest absolute Gasteiger partial charge is 0.200 e. The minimum Gasteiger partial charge on any atom is -0.668 e. The number of benzene rings is 2. The molecule has 4 unspecified atom stereocenters. The number of aromatic hydroxyl groups is 3. The second-order valence-electron chi connectivity index (χ2n) is 14.3. The number of pyridine rings is 1. The molecule has 0 saturated heterocycles. The first-order valence-corrected chi connectivity index (χ1v) is 18.0. The Morgan fingerprint density at radius 2 is 1.82 bits per heavy atom. The molecule has 4 atom stereocenters. The van der Waals surface area contributed by atoms with Crippen LogP contribution >= 0.6 is 0 Å². The summed E-state index contributed by atoms with van der Waals surface area (Å²) in [7, 11) is 1.49. The van der Waals surface area contributed by atoms with Crippen LogP contribution in [0.25, 0.3) is 0 Å². The summed E-state index contributed by atoms with van der Waals surface area (Å²) < 4.78 is 11.2. The predicted molar refractivity (Wildman–Crippen MR) is 196 cm³/mol. The van der Waals surface area contributed by atoms with E-state index in [4.69, 9.17) is 15.2 Å². The number of rotatable bonds is 18. The molecule has 1 aliphatic carbocycles. The first-order valence-electron chi connectivity index (χ1n) is 18.0. The zero-order chi connectivity index (χ0) is 36.5. The summed E-state index contributed by atoms with van der Waals surface area (Å²) in [6.45, 7) is 4.66. The number of nitrogen functional groups attached to an aromatic ring is 1. The molecule has 51 heavy (non-hydrogen) atoms. The van der Waals surface area contributed by atoms with E-state index in [0.717, 1.165) is 42.5 Å². The molecule has 4 aromatic rings. The van der Waals surface area contributed by atoms with Crippen molar-refractivity contribution in [2.24, 2.45) is 17.8 Å². The summed E-state index contributed by atoms with van der Waals surface area (Å²) >= 11 is 0. The summed E-state index contributed by atoms with van der Waals surface area (Å²) in [5.74, 6) is -0.0961. The number of aromatic nitrogens is 2. The number of aliphatic hydroxyl groups excluding tert-OH is 1. The van der Waals surface area contributed by atoms with Gasteiger partial charge in [0, 0.05) is 18.0 Å². The second-order valence-corrected chi connectivity index (χ2v) is 14.3. The topological polar surface area (TPSA) is 169 Å². The van der Waals surface area contributed by atoms with Crippen molar-refractivity contribution in [2.75, 3.05) is 19.5 Å². The molecule has 1 saturated carbocycles. The molecule has 2 aromatic carbocycles. The Hall–Kier alpha value is -4.70. The average molecular weight is 699 g/mol. The number of hydrogen-bond donors (Lipinski definition) is 5. The maximum absolute atomic E-state index is 14.8. The number of phenolic OH excluding ortho intramolecular Hbond substituents is 3. The van der Waals surface area contributed by atoms with Crippen LogP contribution in [-0.4, -0.2) is 51.0 Å². The van der Waals surface area contributed by atoms with E-state index < -0.39 is 17.4 Å². The van der Waals surface area contributed by atoms with Crippen molar-refractivity contribution >= 4 is 11.6 Å². The summed E-state index contributed by atoms with van der Waals surface area (Å²) in [5.41, 5.74) is 8.84. The summed E-state index contributed by atoms with van der Waals surface area (Å²) in [6.07, 6.45) is 8.35. The van der Waals surface area contributed by atoms with Gasteiger partial charge in [0.2, 0.25) is 5.75 Å². The monoisotopic (exact) mass is 698 g/mol. The number of methoxy groups -OCH3 is 1. The lowest BCUT2D eigenvalue weighted by Crippen LogP contribution is -2.49. The number of nitrogens with two attached hydrogens (primary N) is 1. The van der Waals surface area contributed by atoms with Crippen molar-refractivity contribution in [3.63, 3.8) is 0 Å². The maximum Gasteiger partial charge on any atom is 0.200 e. The van der Waals surface area contributed by atoms with Gasteiger partial charge in [-0.15, -0.1) is 0 Å². The van der Waals surface area contributed by atoms with E-state index in [-0.39, 0.29) is 47.5 Å². The van der Waals surface area contributed by atoms with Gasteiger partial charge < -0.3 is 40.6 Å². The molecule has 0 spiro atoms. The molecular weight excluding hydrogens is 646 g/mol. The van der Waals surface area contributed by atoms with Crippen molar-refractivity contribution < 1.29 is 34.7 Å². The number of hydrogen-bond acceptors (Lipinski definition) is 9. The van der Waals surface area contributed by atoms with E-state index in [0.29, 0.717) is 55.3 Å². The van der Waals surface area contributed by atoms with Gasteiger partial charge in [-0.1, -0.05) is 38.5 Å². The molecule has 0 amide bonds. The van der Waals surface area contributed by atoms with E-state index in [2.05, 4.69) is 23.8 Å². The molecule has 2 heterocycles. The Bertz CT molecular complexity index is 1740. The van der Waals surface area contributed by atoms with E-state index in [1.165, 1.54) is 13.2 Å².